The van der Waals surface area contributed by atoms with Crippen LogP contribution in [-0.2, 0) is 15.4 Å². The zero-order chi connectivity index (χ0) is 19.5. The van der Waals surface area contributed by atoms with Crippen molar-refractivity contribution in [3.63, 3.8) is 0 Å². The van der Waals surface area contributed by atoms with Crippen LogP contribution in [-0.4, -0.2) is 50.3 Å². The van der Waals surface area contributed by atoms with Gasteiger partial charge in [0.1, 0.15) is 0 Å². The molecule has 1 aromatic rings. The third kappa shape index (κ3) is 6.45. The summed E-state index contributed by atoms with van der Waals surface area (Å²) in [6.45, 7) is 13.2. The van der Waals surface area contributed by atoms with Gasteiger partial charge in [0.15, 0.2) is 0 Å². The van der Waals surface area contributed by atoms with E-state index in [9.17, 15) is 8.42 Å². The van der Waals surface area contributed by atoms with Crippen molar-refractivity contribution in [3.8, 4) is 0 Å². The second-order valence-electron chi connectivity index (χ2n) is 9.07. The first-order valence-corrected chi connectivity index (χ1v) is 11.3. The van der Waals surface area contributed by atoms with Crippen LogP contribution in [0.5, 0.6) is 0 Å². The van der Waals surface area contributed by atoms with Crippen LogP contribution in [0.4, 0.5) is 0 Å². The van der Waals surface area contributed by atoms with E-state index in [4.69, 9.17) is 0 Å². The van der Waals surface area contributed by atoms with Crippen LogP contribution in [0.2, 0.25) is 0 Å². The standard InChI is InChI=1S/C21H36N2O2S.ClH/c1-17(2)11-14-22(6)19-12-15-23(16-13-19)26(24,25)20-9-7-18(8-10-20)21(3,4)5;/h7-10,17,19H,11-16H2,1-6H3;1H. The van der Waals surface area contributed by atoms with E-state index >= 15 is 0 Å². The van der Waals surface area contributed by atoms with E-state index in [1.165, 1.54) is 6.42 Å². The smallest absolute Gasteiger partial charge is 0.243 e. The summed E-state index contributed by atoms with van der Waals surface area (Å²) < 4.78 is 27.6. The van der Waals surface area contributed by atoms with Crippen LogP contribution in [0.1, 0.15) is 59.4 Å². The topological polar surface area (TPSA) is 40.6 Å². The summed E-state index contributed by atoms with van der Waals surface area (Å²) in [5.41, 5.74) is 1.18. The summed E-state index contributed by atoms with van der Waals surface area (Å²) in [6.07, 6.45) is 3.01. The molecular weight excluding hydrogens is 380 g/mol. The van der Waals surface area contributed by atoms with Gasteiger partial charge in [-0.15, -0.1) is 12.4 Å². The average Bonchev–Trinajstić information content (AvgIpc) is 2.59. The van der Waals surface area contributed by atoms with Gasteiger partial charge in [0.2, 0.25) is 10.0 Å². The molecular formula is C21H37ClN2O2S. The molecule has 156 valence electrons. The van der Waals surface area contributed by atoms with Gasteiger partial charge < -0.3 is 4.90 Å². The predicted molar refractivity (Wildman–Crippen MR) is 116 cm³/mol. The average molecular weight is 417 g/mol. The summed E-state index contributed by atoms with van der Waals surface area (Å²) in [5, 5.41) is 0. The molecule has 2 rings (SSSR count). The number of halogens is 1. The number of hydrogen-bond acceptors (Lipinski definition) is 3. The maximum atomic E-state index is 13.0. The molecule has 6 heteroatoms. The molecule has 1 saturated heterocycles. The Morgan fingerprint density at radius 2 is 1.63 bits per heavy atom. The molecule has 0 unspecified atom stereocenters. The highest BCUT2D eigenvalue weighted by Crippen LogP contribution is 2.26. The van der Waals surface area contributed by atoms with E-state index in [1.807, 2.05) is 12.1 Å². The first-order valence-electron chi connectivity index (χ1n) is 9.82. The van der Waals surface area contributed by atoms with Crippen molar-refractivity contribution in [2.24, 2.45) is 5.92 Å². The third-order valence-electron chi connectivity index (χ3n) is 5.46. The zero-order valence-electron chi connectivity index (χ0n) is 17.7. The number of nitrogens with zero attached hydrogens (tertiary/aromatic N) is 2. The molecule has 0 aliphatic carbocycles. The molecule has 0 saturated carbocycles. The molecule has 0 radical (unpaired) electrons. The minimum absolute atomic E-state index is 0. The van der Waals surface area contributed by atoms with E-state index in [0.29, 0.717) is 29.9 Å². The lowest BCUT2D eigenvalue weighted by Crippen LogP contribution is -2.45. The molecule has 1 aliphatic rings. The molecule has 4 nitrogen and oxygen atoms in total. The van der Waals surface area contributed by atoms with Gasteiger partial charge in [-0.05, 0) is 61.9 Å². The highest BCUT2D eigenvalue weighted by molar-refractivity contribution is 7.89. The van der Waals surface area contributed by atoms with Crippen molar-refractivity contribution in [3.05, 3.63) is 29.8 Å². The van der Waals surface area contributed by atoms with Crippen molar-refractivity contribution >= 4 is 22.4 Å². The number of benzene rings is 1. The fourth-order valence-electron chi connectivity index (χ4n) is 3.44. The Hall–Kier alpha value is -0.620. The molecule has 0 spiro atoms. The van der Waals surface area contributed by atoms with E-state index in [0.717, 1.165) is 24.9 Å². The lowest BCUT2D eigenvalue weighted by atomic mass is 9.87. The fourth-order valence-corrected chi connectivity index (χ4v) is 4.91. The Kier molecular flexibility index (Phi) is 8.80. The summed E-state index contributed by atoms with van der Waals surface area (Å²) >= 11 is 0. The van der Waals surface area contributed by atoms with Crippen LogP contribution in [0.25, 0.3) is 0 Å². The number of sulfonamides is 1. The van der Waals surface area contributed by atoms with E-state index in [1.54, 1.807) is 16.4 Å². The molecule has 0 amide bonds. The van der Waals surface area contributed by atoms with Gasteiger partial charge in [-0.2, -0.15) is 4.31 Å². The quantitative estimate of drug-likeness (QED) is 0.683. The predicted octanol–water partition coefficient (Wildman–Crippen LogP) is 4.54. The van der Waals surface area contributed by atoms with Gasteiger partial charge in [-0.3, -0.25) is 0 Å². The van der Waals surface area contributed by atoms with Crippen molar-refractivity contribution < 1.29 is 8.42 Å². The minimum atomic E-state index is -3.38. The summed E-state index contributed by atoms with van der Waals surface area (Å²) in [6, 6.07) is 7.90. The van der Waals surface area contributed by atoms with Gasteiger partial charge in [0.25, 0.3) is 0 Å². The van der Waals surface area contributed by atoms with Crippen molar-refractivity contribution in [2.45, 2.75) is 70.2 Å². The lowest BCUT2D eigenvalue weighted by Gasteiger charge is -2.36. The van der Waals surface area contributed by atoms with Crippen molar-refractivity contribution in [2.75, 3.05) is 26.7 Å². The number of piperidine rings is 1. The molecule has 1 fully saturated rings. The monoisotopic (exact) mass is 416 g/mol. The van der Waals surface area contributed by atoms with E-state index < -0.39 is 10.0 Å². The SMILES string of the molecule is CC(C)CCN(C)C1CCN(S(=O)(=O)c2ccc(C(C)(C)C)cc2)CC1.Cl. The van der Waals surface area contributed by atoms with Crippen molar-refractivity contribution in [1.29, 1.82) is 0 Å². The third-order valence-corrected chi connectivity index (χ3v) is 7.38. The summed E-state index contributed by atoms with van der Waals surface area (Å²) in [5.74, 6) is 0.703. The van der Waals surface area contributed by atoms with Crippen molar-refractivity contribution in [1.82, 2.24) is 9.21 Å². The summed E-state index contributed by atoms with van der Waals surface area (Å²) in [7, 11) is -1.22. The second-order valence-corrected chi connectivity index (χ2v) is 11.0. The van der Waals surface area contributed by atoms with E-state index in [2.05, 4.69) is 46.6 Å². The Morgan fingerprint density at radius 3 is 2.07 bits per heavy atom. The second kappa shape index (κ2) is 9.73. The Labute approximate surface area is 172 Å². The maximum absolute atomic E-state index is 13.0. The molecule has 27 heavy (non-hydrogen) atoms. The number of hydrogen-bond donors (Lipinski definition) is 0. The van der Waals surface area contributed by atoms with Gasteiger partial charge in [-0.1, -0.05) is 46.8 Å². The Bertz CT molecular complexity index is 673. The van der Waals surface area contributed by atoms with Crippen LogP contribution in [0.15, 0.2) is 29.2 Å². The lowest BCUT2D eigenvalue weighted by molar-refractivity contribution is 0.162. The van der Waals surface area contributed by atoms with Crippen LogP contribution >= 0.6 is 12.4 Å². The molecule has 1 aromatic carbocycles. The van der Waals surface area contributed by atoms with Crippen LogP contribution in [0.3, 0.4) is 0 Å². The highest BCUT2D eigenvalue weighted by Gasteiger charge is 2.31. The zero-order valence-corrected chi connectivity index (χ0v) is 19.4. The largest absolute Gasteiger partial charge is 0.303 e. The molecule has 1 aliphatic heterocycles. The first kappa shape index (κ1) is 24.4. The normalized spacial score (nSPS) is 17.3. The fraction of sp³-hybridized carbons (Fsp3) is 0.714. The molecule has 0 aromatic heterocycles. The number of rotatable bonds is 6. The maximum Gasteiger partial charge on any atom is 0.243 e. The first-order chi connectivity index (χ1) is 12.0. The van der Waals surface area contributed by atoms with Gasteiger partial charge in [0, 0.05) is 19.1 Å². The molecule has 0 atom stereocenters. The van der Waals surface area contributed by atoms with Gasteiger partial charge in [-0.25, -0.2) is 8.42 Å². The molecule has 1 heterocycles. The summed E-state index contributed by atoms with van der Waals surface area (Å²) in [4.78, 5) is 2.82. The minimum Gasteiger partial charge on any atom is -0.303 e. The van der Waals surface area contributed by atoms with E-state index in [-0.39, 0.29) is 17.8 Å². The van der Waals surface area contributed by atoms with Gasteiger partial charge >= 0.3 is 0 Å². The van der Waals surface area contributed by atoms with Gasteiger partial charge in [0.05, 0.1) is 4.90 Å². The molecule has 0 bridgehead atoms. The Balaban J connectivity index is 0.00000364. The van der Waals surface area contributed by atoms with Crippen LogP contribution < -0.4 is 0 Å². The highest BCUT2D eigenvalue weighted by atomic mass is 35.5. The van der Waals surface area contributed by atoms with Crippen LogP contribution in [0, 0.1) is 5.92 Å². The Morgan fingerprint density at radius 1 is 1.11 bits per heavy atom. The molecule has 0 N–H and O–H groups in total.